The Morgan fingerprint density at radius 1 is 1.44 bits per heavy atom. The molecule has 4 heteroatoms. The van der Waals surface area contributed by atoms with Crippen LogP contribution in [-0.2, 0) is 10.5 Å². The minimum Gasteiger partial charge on any atom is -0.468 e. The van der Waals surface area contributed by atoms with Crippen molar-refractivity contribution in [3.63, 3.8) is 0 Å². The molecule has 0 unspecified atom stereocenters. The number of carbonyl (C=O) groups is 1. The predicted molar refractivity (Wildman–Crippen MR) is 74.4 cm³/mol. The van der Waals surface area contributed by atoms with Crippen LogP contribution < -0.4 is 5.32 Å². The zero-order valence-electron chi connectivity index (χ0n) is 10.9. The van der Waals surface area contributed by atoms with Gasteiger partial charge in [0.15, 0.2) is 0 Å². The van der Waals surface area contributed by atoms with E-state index in [4.69, 9.17) is 4.42 Å². The molecule has 1 aliphatic rings. The number of hydrogen-bond donors (Lipinski definition) is 1. The number of rotatable bonds is 5. The van der Waals surface area contributed by atoms with E-state index in [2.05, 4.69) is 12.2 Å². The van der Waals surface area contributed by atoms with Crippen LogP contribution in [0.25, 0.3) is 0 Å². The van der Waals surface area contributed by atoms with Gasteiger partial charge >= 0.3 is 0 Å². The molecule has 3 nitrogen and oxygen atoms in total. The first-order valence-electron chi connectivity index (χ1n) is 6.63. The second-order valence-corrected chi connectivity index (χ2v) is 6.08. The van der Waals surface area contributed by atoms with E-state index in [9.17, 15) is 4.79 Å². The first-order chi connectivity index (χ1) is 8.74. The van der Waals surface area contributed by atoms with Crippen molar-refractivity contribution < 1.29 is 9.21 Å². The summed E-state index contributed by atoms with van der Waals surface area (Å²) in [6.07, 6.45) is 6.42. The van der Waals surface area contributed by atoms with Crippen molar-refractivity contribution in [3.05, 3.63) is 24.2 Å². The summed E-state index contributed by atoms with van der Waals surface area (Å²) in [6, 6.07) is 4.21. The summed E-state index contributed by atoms with van der Waals surface area (Å²) >= 11 is 1.60. The molecule has 1 aromatic heterocycles. The molecule has 0 radical (unpaired) electrons. The monoisotopic (exact) mass is 267 g/mol. The van der Waals surface area contributed by atoms with Gasteiger partial charge in [-0.05, 0) is 43.7 Å². The third-order valence-electron chi connectivity index (χ3n) is 3.44. The van der Waals surface area contributed by atoms with Crippen molar-refractivity contribution >= 4 is 17.7 Å². The highest BCUT2D eigenvalue weighted by Crippen LogP contribution is 2.23. The van der Waals surface area contributed by atoms with E-state index in [-0.39, 0.29) is 5.91 Å². The highest BCUT2D eigenvalue weighted by Gasteiger charge is 2.19. The predicted octanol–water partition coefficient (Wildman–Crippen LogP) is 3.21. The fraction of sp³-hybridized carbons (Fsp3) is 0.643. The number of nitrogens with one attached hydrogen (secondary N) is 1. The Kier molecular flexibility index (Phi) is 5.17. The summed E-state index contributed by atoms with van der Waals surface area (Å²) in [5, 5.41) is 3.13. The van der Waals surface area contributed by atoms with Gasteiger partial charge in [-0.2, -0.15) is 0 Å². The summed E-state index contributed by atoms with van der Waals surface area (Å²) in [4.78, 5) is 11.8. The van der Waals surface area contributed by atoms with Crippen LogP contribution in [-0.4, -0.2) is 17.7 Å². The molecule has 1 aliphatic carbocycles. The molecule has 18 heavy (non-hydrogen) atoms. The van der Waals surface area contributed by atoms with Gasteiger partial charge in [0, 0.05) is 6.04 Å². The molecule has 0 aromatic carbocycles. The average molecular weight is 267 g/mol. The van der Waals surface area contributed by atoms with Gasteiger partial charge in [0.05, 0.1) is 17.8 Å². The van der Waals surface area contributed by atoms with E-state index >= 15 is 0 Å². The molecule has 0 atom stereocenters. The van der Waals surface area contributed by atoms with Crippen LogP contribution in [0.1, 0.15) is 38.4 Å². The summed E-state index contributed by atoms with van der Waals surface area (Å²) in [5.41, 5.74) is 0. The summed E-state index contributed by atoms with van der Waals surface area (Å²) in [6.45, 7) is 2.29. The Labute approximate surface area is 113 Å². The first-order valence-corrected chi connectivity index (χ1v) is 7.79. The lowest BCUT2D eigenvalue weighted by Gasteiger charge is -2.26. The molecule has 100 valence electrons. The summed E-state index contributed by atoms with van der Waals surface area (Å²) < 4.78 is 5.22. The maximum absolute atomic E-state index is 11.8. The smallest absolute Gasteiger partial charge is 0.230 e. The lowest BCUT2D eigenvalue weighted by atomic mass is 9.87. The van der Waals surface area contributed by atoms with Crippen LogP contribution in [0.2, 0.25) is 0 Å². The van der Waals surface area contributed by atoms with Crippen LogP contribution in [0.15, 0.2) is 22.8 Å². The largest absolute Gasteiger partial charge is 0.468 e. The topological polar surface area (TPSA) is 42.2 Å². The minimum atomic E-state index is 0.158. The second-order valence-electron chi connectivity index (χ2n) is 5.10. The maximum atomic E-state index is 11.8. The molecule has 0 aliphatic heterocycles. The number of thioether (sulfide) groups is 1. The molecule has 0 bridgehead atoms. The standard InChI is InChI=1S/C14H21NO2S/c1-11-4-6-12(7-5-11)15-14(16)10-18-9-13-3-2-8-17-13/h2-3,8,11-12H,4-7,9-10H2,1H3,(H,15,16). The Morgan fingerprint density at radius 2 is 2.22 bits per heavy atom. The van der Waals surface area contributed by atoms with Crippen molar-refractivity contribution in [1.82, 2.24) is 5.32 Å². The van der Waals surface area contributed by atoms with Gasteiger partial charge in [0.25, 0.3) is 0 Å². The van der Waals surface area contributed by atoms with E-state index in [1.165, 1.54) is 12.8 Å². The number of hydrogen-bond acceptors (Lipinski definition) is 3. The number of amides is 1. The molecule has 1 aromatic rings. The zero-order chi connectivity index (χ0) is 12.8. The van der Waals surface area contributed by atoms with Gasteiger partial charge in [-0.15, -0.1) is 11.8 Å². The first kappa shape index (κ1) is 13.5. The molecule has 1 heterocycles. The second kappa shape index (κ2) is 6.88. The van der Waals surface area contributed by atoms with E-state index in [0.29, 0.717) is 11.8 Å². The van der Waals surface area contributed by atoms with E-state index in [1.54, 1.807) is 18.0 Å². The van der Waals surface area contributed by atoms with Crippen molar-refractivity contribution in [2.45, 2.75) is 44.4 Å². The summed E-state index contributed by atoms with van der Waals surface area (Å²) in [5.74, 6) is 3.20. The molecule has 2 rings (SSSR count). The van der Waals surface area contributed by atoms with Gasteiger partial charge in [0.2, 0.25) is 5.91 Å². The molecular formula is C14H21NO2S. The highest BCUT2D eigenvalue weighted by atomic mass is 32.2. The van der Waals surface area contributed by atoms with E-state index < -0.39 is 0 Å². The van der Waals surface area contributed by atoms with Crippen molar-refractivity contribution in [1.29, 1.82) is 0 Å². The zero-order valence-corrected chi connectivity index (χ0v) is 11.7. The summed E-state index contributed by atoms with van der Waals surface area (Å²) in [7, 11) is 0. The molecule has 1 N–H and O–H groups in total. The Balaban J connectivity index is 1.60. The fourth-order valence-corrected chi connectivity index (χ4v) is 3.05. The van der Waals surface area contributed by atoms with Crippen molar-refractivity contribution in [3.8, 4) is 0 Å². The Hall–Kier alpha value is -0.900. The SMILES string of the molecule is CC1CCC(NC(=O)CSCc2ccco2)CC1. The molecule has 0 spiro atoms. The fourth-order valence-electron chi connectivity index (χ4n) is 2.31. The van der Waals surface area contributed by atoms with Gasteiger partial charge in [0.1, 0.15) is 5.76 Å². The molecule has 1 fully saturated rings. The average Bonchev–Trinajstić information content (AvgIpc) is 2.85. The van der Waals surface area contributed by atoms with Crippen molar-refractivity contribution in [2.24, 2.45) is 5.92 Å². The van der Waals surface area contributed by atoms with E-state index in [0.717, 1.165) is 30.3 Å². The third kappa shape index (κ3) is 4.41. The van der Waals surface area contributed by atoms with Crippen LogP contribution in [0.3, 0.4) is 0 Å². The Bertz CT molecular complexity index is 356. The number of furan rings is 1. The molecular weight excluding hydrogens is 246 g/mol. The van der Waals surface area contributed by atoms with Crippen LogP contribution in [0.4, 0.5) is 0 Å². The van der Waals surface area contributed by atoms with Crippen LogP contribution in [0.5, 0.6) is 0 Å². The van der Waals surface area contributed by atoms with Crippen LogP contribution in [0, 0.1) is 5.92 Å². The highest BCUT2D eigenvalue weighted by molar-refractivity contribution is 7.99. The molecule has 0 saturated heterocycles. The molecule has 1 amide bonds. The molecule has 1 saturated carbocycles. The van der Waals surface area contributed by atoms with Gasteiger partial charge in [-0.3, -0.25) is 4.79 Å². The number of carbonyl (C=O) groups excluding carboxylic acids is 1. The van der Waals surface area contributed by atoms with E-state index in [1.807, 2.05) is 12.1 Å². The van der Waals surface area contributed by atoms with Gasteiger partial charge < -0.3 is 9.73 Å². The van der Waals surface area contributed by atoms with Gasteiger partial charge in [-0.1, -0.05) is 6.92 Å². The lowest BCUT2D eigenvalue weighted by Crippen LogP contribution is -2.38. The minimum absolute atomic E-state index is 0.158. The lowest BCUT2D eigenvalue weighted by molar-refractivity contribution is -0.119. The maximum Gasteiger partial charge on any atom is 0.230 e. The van der Waals surface area contributed by atoms with Gasteiger partial charge in [-0.25, -0.2) is 0 Å². The van der Waals surface area contributed by atoms with Crippen molar-refractivity contribution in [2.75, 3.05) is 5.75 Å². The quantitative estimate of drug-likeness (QED) is 0.890. The van der Waals surface area contributed by atoms with Crippen LogP contribution >= 0.6 is 11.8 Å². The normalized spacial score (nSPS) is 23.8. The third-order valence-corrected chi connectivity index (χ3v) is 4.39. The Morgan fingerprint density at radius 3 is 2.89 bits per heavy atom.